The van der Waals surface area contributed by atoms with Crippen LogP contribution in [-0.2, 0) is 0 Å². The minimum atomic E-state index is -0.481. The summed E-state index contributed by atoms with van der Waals surface area (Å²) in [5.41, 5.74) is 0.366. The maximum absolute atomic E-state index is 13.8. The molecule has 0 spiro atoms. The van der Waals surface area contributed by atoms with Crippen molar-refractivity contribution in [2.45, 2.75) is 31.8 Å². The molecule has 0 radical (unpaired) electrons. The summed E-state index contributed by atoms with van der Waals surface area (Å²) in [6.45, 7) is 0.385. The second-order valence-corrected chi connectivity index (χ2v) is 4.77. The van der Waals surface area contributed by atoms with E-state index in [0.29, 0.717) is 18.7 Å². The smallest absolute Gasteiger partial charge is 0.319 e. The Morgan fingerprint density at radius 1 is 1.45 bits per heavy atom. The topological polar surface area (TPSA) is 70.6 Å². The van der Waals surface area contributed by atoms with Crippen molar-refractivity contribution in [3.8, 4) is 5.75 Å². The number of hydrogen-bond acceptors (Lipinski definition) is 3. The average molecular weight is 282 g/mol. The number of carbonyl (C=O) groups excluding carboxylic acids is 1. The summed E-state index contributed by atoms with van der Waals surface area (Å²) in [5, 5.41) is 13.7. The van der Waals surface area contributed by atoms with Gasteiger partial charge in [0.2, 0.25) is 0 Å². The number of anilines is 1. The molecular weight excluding hydrogens is 263 g/mol. The van der Waals surface area contributed by atoms with E-state index in [9.17, 15) is 9.18 Å². The second-order valence-electron chi connectivity index (χ2n) is 4.77. The molecule has 1 saturated carbocycles. The van der Waals surface area contributed by atoms with Crippen molar-refractivity contribution in [2.24, 2.45) is 0 Å². The molecule has 1 aromatic carbocycles. The van der Waals surface area contributed by atoms with Gasteiger partial charge in [0.05, 0.1) is 6.10 Å². The third-order valence-corrected chi connectivity index (χ3v) is 3.16. The molecule has 0 unspecified atom stereocenters. The van der Waals surface area contributed by atoms with Crippen LogP contribution in [0.2, 0.25) is 0 Å². The summed E-state index contributed by atoms with van der Waals surface area (Å²) >= 11 is 0. The zero-order valence-electron chi connectivity index (χ0n) is 11.2. The molecule has 1 aliphatic rings. The zero-order valence-corrected chi connectivity index (χ0v) is 11.2. The first-order valence-corrected chi connectivity index (χ1v) is 6.81. The maximum atomic E-state index is 13.8. The molecule has 3 N–H and O–H groups in total. The van der Waals surface area contributed by atoms with Crippen LogP contribution in [0.15, 0.2) is 18.2 Å². The van der Waals surface area contributed by atoms with Crippen molar-refractivity contribution in [2.75, 3.05) is 18.5 Å². The van der Waals surface area contributed by atoms with Crippen LogP contribution in [0.1, 0.15) is 25.7 Å². The quantitative estimate of drug-likeness (QED) is 0.701. The molecule has 0 heterocycles. The molecule has 1 aromatic rings. The monoisotopic (exact) mass is 282 g/mol. The molecule has 5 nitrogen and oxygen atoms in total. The summed E-state index contributed by atoms with van der Waals surface area (Å²) < 4.78 is 19.3. The Labute approximate surface area is 117 Å². The molecular formula is C14H19FN2O3. The predicted octanol–water partition coefficient (Wildman–Crippen LogP) is 2.26. The molecule has 110 valence electrons. The highest BCUT2D eigenvalue weighted by molar-refractivity contribution is 5.89. The van der Waals surface area contributed by atoms with Crippen molar-refractivity contribution >= 4 is 11.7 Å². The van der Waals surface area contributed by atoms with E-state index in [1.54, 1.807) is 6.07 Å². The van der Waals surface area contributed by atoms with Gasteiger partial charge in [-0.15, -0.1) is 0 Å². The highest BCUT2D eigenvalue weighted by Crippen LogP contribution is 2.28. The Kier molecular flexibility index (Phi) is 5.17. The second kappa shape index (κ2) is 7.09. The van der Waals surface area contributed by atoms with E-state index >= 15 is 0 Å². The van der Waals surface area contributed by atoms with Gasteiger partial charge >= 0.3 is 6.03 Å². The molecule has 20 heavy (non-hydrogen) atoms. The fourth-order valence-electron chi connectivity index (χ4n) is 1.80. The highest BCUT2D eigenvalue weighted by atomic mass is 19.1. The zero-order chi connectivity index (χ0) is 14.4. The predicted molar refractivity (Wildman–Crippen MR) is 73.4 cm³/mol. The van der Waals surface area contributed by atoms with Gasteiger partial charge < -0.3 is 20.5 Å². The number of amides is 2. The van der Waals surface area contributed by atoms with Gasteiger partial charge in [0, 0.05) is 24.9 Å². The van der Waals surface area contributed by atoms with Crippen molar-refractivity contribution < 1.29 is 19.0 Å². The lowest BCUT2D eigenvalue weighted by atomic mass is 9.96. The minimum absolute atomic E-state index is 0.0160. The van der Waals surface area contributed by atoms with E-state index < -0.39 is 11.8 Å². The molecule has 1 fully saturated rings. The van der Waals surface area contributed by atoms with E-state index in [4.69, 9.17) is 9.84 Å². The van der Waals surface area contributed by atoms with Crippen molar-refractivity contribution in [3.63, 3.8) is 0 Å². The lowest BCUT2D eigenvalue weighted by Gasteiger charge is -2.26. The van der Waals surface area contributed by atoms with Crippen LogP contribution in [0.5, 0.6) is 5.75 Å². The number of rotatable bonds is 6. The molecule has 0 saturated heterocycles. The van der Waals surface area contributed by atoms with E-state index in [1.807, 2.05) is 0 Å². The van der Waals surface area contributed by atoms with Gasteiger partial charge in [0.15, 0.2) is 11.6 Å². The van der Waals surface area contributed by atoms with Crippen molar-refractivity contribution in [1.29, 1.82) is 0 Å². The summed E-state index contributed by atoms with van der Waals surface area (Å²) in [7, 11) is 0. The number of urea groups is 1. The minimum Gasteiger partial charge on any atom is -0.487 e. The van der Waals surface area contributed by atoms with E-state index in [-0.39, 0.29) is 18.5 Å². The van der Waals surface area contributed by atoms with Crippen LogP contribution < -0.4 is 15.4 Å². The average Bonchev–Trinajstić information content (AvgIpc) is 2.36. The van der Waals surface area contributed by atoms with Crippen LogP contribution in [0.4, 0.5) is 14.9 Å². The van der Waals surface area contributed by atoms with Crippen LogP contribution in [-0.4, -0.2) is 30.4 Å². The Hall–Kier alpha value is -1.82. The first-order valence-electron chi connectivity index (χ1n) is 6.81. The van der Waals surface area contributed by atoms with Crippen molar-refractivity contribution in [3.05, 3.63) is 24.0 Å². The number of nitrogens with one attached hydrogen (secondary N) is 2. The number of aliphatic hydroxyl groups excluding tert-OH is 1. The number of hydrogen-bond donors (Lipinski definition) is 3. The molecule has 0 bridgehead atoms. The molecule has 2 amide bonds. The van der Waals surface area contributed by atoms with E-state index in [1.165, 1.54) is 12.1 Å². The molecule has 1 aliphatic carbocycles. The van der Waals surface area contributed by atoms with E-state index in [2.05, 4.69) is 10.6 Å². The molecule has 0 aromatic heterocycles. The van der Waals surface area contributed by atoms with Crippen LogP contribution in [0, 0.1) is 5.82 Å². The van der Waals surface area contributed by atoms with E-state index in [0.717, 1.165) is 19.3 Å². The third kappa shape index (κ3) is 4.09. The van der Waals surface area contributed by atoms with Gasteiger partial charge in [-0.05, 0) is 37.8 Å². The first kappa shape index (κ1) is 14.6. The number of halogens is 1. The fraction of sp³-hybridized carbons (Fsp3) is 0.500. The normalized spacial score (nSPS) is 14.5. The molecule has 0 atom stereocenters. The molecule has 0 aliphatic heterocycles. The summed E-state index contributed by atoms with van der Waals surface area (Å²) in [4.78, 5) is 11.5. The number of benzene rings is 1. The first-order chi connectivity index (χ1) is 9.69. The SMILES string of the molecule is O=C(NCCCO)Nc1ccc(OC2CCC2)c(F)c1. The Morgan fingerprint density at radius 3 is 2.85 bits per heavy atom. The van der Waals surface area contributed by atoms with Crippen LogP contribution in [0.3, 0.4) is 0 Å². The number of carbonyl (C=O) groups is 1. The Morgan fingerprint density at radius 2 is 2.25 bits per heavy atom. The standard InChI is InChI=1S/C14H19FN2O3/c15-12-9-10(17-14(19)16-7-2-8-18)5-6-13(12)20-11-3-1-4-11/h5-6,9,11,18H,1-4,7-8H2,(H2,16,17,19). The third-order valence-electron chi connectivity index (χ3n) is 3.16. The number of aliphatic hydroxyl groups is 1. The van der Waals surface area contributed by atoms with Gasteiger partial charge in [0.1, 0.15) is 0 Å². The summed E-state index contributed by atoms with van der Waals surface area (Å²) in [6.07, 6.45) is 3.65. The Balaban J connectivity index is 1.86. The van der Waals surface area contributed by atoms with Crippen molar-refractivity contribution in [1.82, 2.24) is 5.32 Å². The fourth-order valence-corrected chi connectivity index (χ4v) is 1.80. The molecule has 6 heteroatoms. The van der Waals surface area contributed by atoms with Gasteiger partial charge in [-0.3, -0.25) is 0 Å². The molecule has 2 rings (SSSR count). The summed E-state index contributed by atoms with van der Waals surface area (Å²) in [5.74, 6) is -0.258. The highest BCUT2D eigenvalue weighted by Gasteiger charge is 2.20. The van der Waals surface area contributed by atoms with Gasteiger partial charge in [-0.1, -0.05) is 0 Å². The van der Waals surface area contributed by atoms with Crippen LogP contribution >= 0.6 is 0 Å². The summed E-state index contributed by atoms with van der Waals surface area (Å²) in [6, 6.07) is 3.93. The lowest BCUT2D eigenvalue weighted by molar-refractivity contribution is 0.115. The Bertz CT molecular complexity index is 464. The van der Waals surface area contributed by atoms with Gasteiger partial charge in [-0.2, -0.15) is 0 Å². The van der Waals surface area contributed by atoms with Gasteiger partial charge in [-0.25, -0.2) is 9.18 Å². The largest absolute Gasteiger partial charge is 0.487 e. The lowest BCUT2D eigenvalue weighted by Crippen LogP contribution is -2.30. The van der Waals surface area contributed by atoms with Gasteiger partial charge in [0.25, 0.3) is 0 Å². The number of ether oxygens (including phenoxy) is 1. The van der Waals surface area contributed by atoms with Crippen LogP contribution in [0.25, 0.3) is 0 Å². The maximum Gasteiger partial charge on any atom is 0.319 e.